The van der Waals surface area contributed by atoms with Gasteiger partial charge in [0.25, 0.3) is 5.91 Å². The summed E-state index contributed by atoms with van der Waals surface area (Å²) in [6.07, 6.45) is 3.02. The van der Waals surface area contributed by atoms with Crippen molar-refractivity contribution in [3.05, 3.63) is 53.7 Å². The predicted octanol–water partition coefficient (Wildman–Crippen LogP) is 4.40. The number of benzene rings is 2. The van der Waals surface area contributed by atoms with Crippen LogP contribution in [0.5, 0.6) is 0 Å². The van der Waals surface area contributed by atoms with Crippen molar-refractivity contribution in [1.29, 1.82) is 0 Å². The zero-order chi connectivity index (χ0) is 19.9. The highest BCUT2D eigenvalue weighted by molar-refractivity contribution is 6.35. The lowest BCUT2D eigenvalue weighted by Gasteiger charge is -2.19. The Morgan fingerprint density at radius 3 is 2.79 bits per heavy atom. The summed E-state index contributed by atoms with van der Waals surface area (Å²) in [5, 5.41) is 13.5. The van der Waals surface area contributed by atoms with E-state index in [4.69, 9.17) is 4.74 Å². The topological polar surface area (TPSA) is 96.1 Å². The normalized spacial score (nSPS) is 14.8. The summed E-state index contributed by atoms with van der Waals surface area (Å²) in [6.45, 7) is 5.40. The van der Waals surface area contributed by atoms with Crippen LogP contribution in [0.2, 0.25) is 0 Å². The van der Waals surface area contributed by atoms with Crippen molar-refractivity contribution in [2.75, 3.05) is 10.6 Å². The van der Waals surface area contributed by atoms with Crippen molar-refractivity contribution in [1.82, 2.24) is 10.2 Å². The van der Waals surface area contributed by atoms with Crippen molar-refractivity contribution < 1.29 is 14.3 Å². The fourth-order valence-electron chi connectivity index (χ4n) is 3.04. The number of fused-ring (bicyclic) bond motifs is 2. The third-order valence-corrected chi connectivity index (χ3v) is 4.22. The minimum atomic E-state index is -0.589. The number of aromatic nitrogens is 2. The smallest absolute Gasteiger partial charge is 0.412 e. The zero-order valence-electron chi connectivity index (χ0n) is 15.8. The number of anilines is 2. The van der Waals surface area contributed by atoms with Gasteiger partial charge in [0.2, 0.25) is 0 Å². The van der Waals surface area contributed by atoms with E-state index >= 15 is 0 Å². The fourth-order valence-corrected chi connectivity index (χ4v) is 3.04. The van der Waals surface area contributed by atoms with E-state index in [0.717, 1.165) is 22.0 Å². The monoisotopic (exact) mass is 376 g/mol. The second-order valence-electron chi connectivity index (χ2n) is 7.62. The lowest BCUT2D eigenvalue weighted by molar-refractivity contribution is -0.110. The van der Waals surface area contributed by atoms with Crippen LogP contribution in [0.25, 0.3) is 22.6 Å². The van der Waals surface area contributed by atoms with E-state index in [0.29, 0.717) is 16.9 Å². The molecule has 7 heteroatoms. The first-order valence-electron chi connectivity index (χ1n) is 8.89. The Labute approximate surface area is 161 Å². The van der Waals surface area contributed by atoms with Crippen LogP contribution in [0.15, 0.2) is 42.6 Å². The van der Waals surface area contributed by atoms with Gasteiger partial charge in [-0.05, 0) is 56.7 Å². The molecule has 0 bridgehead atoms. The van der Waals surface area contributed by atoms with Crippen LogP contribution in [0.3, 0.4) is 0 Å². The highest BCUT2D eigenvalue weighted by Gasteiger charge is 2.25. The number of hydrogen-bond acceptors (Lipinski definition) is 4. The molecule has 0 unspecified atom stereocenters. The second-order valence-corrected chi connectivity index (χ2v) is 7.62. The van der Waals surface area contributed by atoms with Gasteiger partial charge in [-0.3, -0.25) is 15.2 Å². The summed E-state index contributed by atoms with van der Waals surface area (Å²) >= 11 is 0. The van der Waals surface area contributed by atoms with Crippen LogP contribution in [0.1, 0.15) is 31.9 Å². The van der Waals surface area contributed by atoms with Gasteiger partial charge in [-0.1, -0.05) is 12.1 Å². The van der Waals surface area contributed by atoms with Crippen LogP contribution in [-0.4, -0.2) is 27.8 Å². The van der Waals surface area contributed by atoms with Crippen LogP contribution in [0, 0.1) is 0 Å². The maximum atomic E-state index is 12.5. The fraction of sp³-hybridized carbons (Fsp3) is 0.190. The Morgan fingerprint density at radius 2 is 2.00 bits per heavy atom. The first-order valence-corrected chi connectivity index (χ1v) is 8.89. The van der Waals surface area contributed by atoms with Gasteiger partial charge in [-0.15, -0.1) is 0 Å². The minimum absolute atomic E-state index is 0.186. The SMILES string of the molecule is CC(C)(C)OC(=O)Nc1ccc2c(c1)/C(=C\c1ccc3cn[nH]c3c1)C(=O)N2. The van der Waals surface area contributed by atoms with Crippen LogP contribution in [-0.2, 0) is 9.53 Å². The number of aromatic amines is 1. The van der Waals surface area contributed by atoms with E-state index in [1.165, 1.54) is 0 Å². The van der Waals surface area contributed by atoms with E-state index in [1.54, 1.807) is 45.2 Å². The molecule has 0 radical (unpaired) electrons. The highest BCUT2D eigenvalue weighted by Crippen LogP contribution is 2.35. The maximum Gasteiger partial charge on any atom is 0.412 e. The lowest BCUT2D eigenvalue weighted by atomic mass is 10.0. The summed E-state index contributed by atoms with van der Waals surface area (Å²) in [6, 6.07) is 11.1. The zero-order valence-corrected chi connectivity index (χ0v) is 15.8. The predicted molar refractivity (Wildman–Crippen MR) is 109 cm³/mol. The molecule has 2 heterocycles. The molecule has 2 aromatic carbocycles. The van der Waals surface area contributed by atoms with Gasteiger partial charge in [0.05, 0.1) is 11.7 Å². The average Bonchev–Trinajstić information content (AvgIpc) is 3.18. The van der Waals surface area contributed by atoms with Crippen LogP contribution >= 0.6 is 0 Å². The number of carbonyl (C=O) groups excluding carboxylic acids is 2. The molecule has 7 nitrogen and oxygen atoms in total. The molecule has 0 fully saturated rings. The summed E-state index contributed by atoms with van der Waals surface area (Å²) in [5.41, 5.74) is 3.70. The van der Waals surface area contributed by atoms with Gasteiger partial charge in [0.1, 0.15) is 5.60 Å². The molecule has 28 heavy (non-hydrogen) atoms. The van der Waals surface area contributed by atoms with Gasteiger partial charge in [0, 0.05) is 27.9 Å². The summed E-state index contributed by atoms with van der Waals surface area (Å²) in [7, 11) is 0. The van der Waals surface area contributed by atoms with Crippen LogP contribution in [0.4, 0.5) is 16.2 Å². The van der Waals surface area contributed by atoms with Crippen molar-refractivity contribution in [2.45, 2.75) is 26.4 Å². The molecule has 0 atom stereocenters. The number of H-pyrrole nitrogens is 1. The van der Waals surface area contributed by atoms with E-state index in [1.807, 2.05) is 24.3 Å². The van der Waals surface area contributed by atoms with Gasteiger partial charge in [-0.2, -0.15) is 5.10 Å². The van der Waals surface area contributed by atoms with E-state index in [2.05, 4.69) is 20.8 Å². The maximum absolute atomic E-state index is 12.5. The molecular weight excluding hydrogens is 356 g/mol. The quantitative estimate of drug-likeness (QED) is 0.578. The number of nitrogens with zero attached hydrogens (tertiary/aromatic N) is 1. The minimum Gasteiger partial charge on any atom is -0.444 e. The van der Waals surface area contributed by atoms with E-state index < -0.39 is 11.7 Å². The third kappa shape index (κ3) is 3.59. The molecule has 0 saturated carbocycles. The van der Waals surface area contributed by atoms with Crippen molar-refractivity contribution >= 4 is 45.9 Å². The standard InChI is InChI=1S/C21H20N4O3/c1-21(2,3)28-20(27)23-14-6-7-17-15(10-14)16(19(26)24-17)8-12-4-5-13-11-22-25-18(13)9-12/h4-11H,1-3H3,(H,22,25)(H,23,27)(H,24,26)/b16-8+. The Hall–Kier alpha value is -3.61. The summed E-state index contributed by atoms with van der Waals surface area (Å²) in [4.78, 5) is 24.5. The Bertz CT molecular complexity index is 1120. The molecular formula is C21H20N4O3. The first-order chi connectivity index (χ1) is 13.3. The Morgan fingerprint density at radius 1 is 1.18 bits per heavy atom. The number of ether oxygens (including phenoxy) is 1. The molecule has 3 aromatic rings. The summed E-state index contributed by atoms with van der Waals surface area (Å²) in [5.74, 6) is -0.186. The number of carbonyl (C=O) groups is 2. The number of amides is 2. The van der Waals surface area contributed by atoms with Gasteiger partial charge in [-0.25, -0.2) is 4.79 Å². The molecule has 0 aliphatic carbocycles. The van der Waals surface area contributed by atoms with Gasteiger partial charge < -0.3 is 10.1 Å². The molecule has 4 rings (SSSR count). The van der Waals surface area contributed by atoms with E-state index in [9.17, 15) is 9.59 Å². The molecule has 2 amide bonds. The second kappa shape index (κ2) is 6.53. The number of nitrogens with one attached hydrogen (secondary N) is 3. The molecule has 0 spiro atoms. The number of hydrogen-bond donors (Lipinski definition) is 3. The Kier molecular flexibility index (Phi) is 4.15. The molecule has 1 aliphatic rings. The largest absolute Gasteiger partial charge is 0.444 e. The molecule has 3 N–H and O–H groups in total. The van der Waals surface area contributed by atoms with Crippen molar-refractivity contribution in [3.63, 3.8) is 0 Å². The average molecular weight is 376 g/mol. The molecule has 0 saturated heterocycles. The van der Waals surface area contributed by atoms with Gasteiger partial charge in [0.15, 0.2) is 0 Å². The molecule has 1 aromatic heterocycles. The van der Waals surface area contributed by atoms with E-state index in [-0.39, 0.29) is 5.91 Å². The highest BCUT2D eigenvalue weighted by atomic mass is 16.6. The van der Waals surface area contributed by atoms with Gasteiger partial charge >= 0.3 is 6.09 Å². The third-order valence-electron chi connectivity index (χ3n) is 4.22. The summed E-state index contributed by atoms with van der Waals surface area (Å²) < 4.78 is 5.28. The molecule has 1 aliphatic heterocycles. The molecule has 142 valence electrons. The van der Waals surface area contributed by atoms with Crippen LogP contribution < -0.4 is 10.6 Å². The Balaban J connectivity index is 1.65. The van der Waals surface area contributed by atoms with Crippen molar-refractivity contribution in [2.24, 2.45) is 0 Å². The number of rotatable bonds is 2. The van der Waals surface area contributed by atoms with Crippen molar-refractivity contribution in [3.8, 4) is 0 Å². The lowest BCUT2D eigenvalue weighted by Crippen LogP contribution is -2.27. The first kappa shape index (κ1) is 17.8.